The summed E-state index contributed by atoms with van der Waals surface area (Å²) in [6, 6.07) is 0. The smallest absolute Gasteiger partial charge is 0.330 e. The first-order valence-electron chi connectivity index (χ1n) is 5.79. The van der Waals surface area contributed by atoms with Gasteiger partial charge in [0, 0.05) is 6.54 Å². The van der Waals surface area contributed by atoms with Crippen molar-refractivity contribution >= 4 is 0 Å². The molecule has 0 spiro atoms. The van der Waals surface area contributed by atoms with E-state index >= 15 is 0 Å². The van der Waals surface area contributed by atoms with E-state index in [4.69, 9.17) is 5.73 Å². The number of rotatable bonds is 7. The van der Waals surface area contributed by atoms with Gasteiger partial charge in [-0.1, -0.05) is 20.8 Å². The topological polar surface area (TPSA) is 29.3 Å². The Hall–Kier alpha value is -0.290. The number of hydrogen-bond acceptors (Lipinski definition) is 2. The molecule has 0 bridgehead atoms. The molecule has 0 radical (unpaired) electrons. The standard InChI is InChI=1S/C11H23F3N2/c1-4-5-16(8-11(12,13)14)7-10(6-15)9(2)3/h9-10H,4-8,15H2,1-3H3. The number of nitrogens with two attached hydrogens (primary N) is 1. The molecule has 16 heavy (non-hydrogen) atoms. The van der Waals surface area contributed by atoms with Crippen LogP contribution < -0.4 is 5.73 Å². The van der Waals surface area contributed by atoms with Crippen molar-refractivity contribution in [3.8, 4) is 0 Å². The van der Waals surface area contributed by atoms with Gasteiger partial charge in [-0.2, -0.15) is 13.2 Å². The zero-order valence-corrected chi connectivity index (χ0v) is 10.3. The van der Waals surface area contributed by atoms with E-state index in [1.54, 1.807) is 0 Å². The Morgan fingerprint density at radius 1 is 1.25 bits per heavy atom. The van der Waals surface area contributed by atoms with E-state index in [-0.39, 0.29) is 5.92 Å². The van der Waals surface area contributed by atoms with Crippen LogP contribution in [-0.2, 0) is 0 Å². The molecule has 0 aromatic heterocycles. The van der Waals surface area contributed by atoms with Gasteiger partial charge in [-0.3, -0.25) is 4.90 Å². The Labute approximate surface area is 96.0 Å². The van der Waals surface area contributed by atoms with Gasteiger partial charge >= 0.3 is 6.18 Å². The maximum Gasteiger partial charge on any atom is 0.401 e. The summed E-state index contributed by atoms with van der Waals surface area (Å²) < 4.78 is 36.9. The lowest BCUT2D eigenvalue weighted by Gasteiger charge is -2.29. The first kappa shape index (κ1) is 15.7. The van der Waals surface area contributed by atoms with Crippen molar-refractivity contribution < 1.29 is 13.2 Å². The van der Waals surface area contributed by atoms with Gasteiger partial charge in [0.2, 0.25) is 0 Å². The number of hydrogen-bond donors (Lipinski definition) is 1. The lowest BCUT2D eigenvalue weighted by molar-refractivity contribution is -0.147. The van der Waals surface area contributed by atoms with Crippen molar-refractivity contribution in [1.29, 1.82) is 0 Å². The largest absolute Gasteiger partial charge is 0.401 e. The van der Waals surface area contributed by atoms with Crippen LogP contribution in [0.15, 0.2) is 0 Å². The van der Waals surface area contributed by atoms with E-state index < -0.39 is 12.7 Å². The van der Waals surface area contributed by atoms with Crippen LogP contribution in [0.1, 0.15) is 27.2 Å². The third kappa shape index (κ3) is 7.06. The highest BCUT2D eigenvalue weighted by Gasteiger charge is 2.31. The monoisotopic (exact) mass is 240 g/mol. The lowest BCUT2D eigenvalue weighted by atomic mass is 9.95. The molecule has 0 fully saturated rings. The molecule has 0 aliphatic heterocycles. The minimum Gasteiger partial charge on any atom is -0.330 e. The second-order valence-electron chi connectivity index (χ2n) is 4.59. The molecule has 5 heteroatoms. The van der Waals surface area contributed by atoms with Gasteiger partial charge in [0.25, 0.3) is 0 Å². The van der Waals surface area contributed by atoms with Crippen LogP contribution in [0.3, 0.4) is 0 Å². The van der Waals surface area contributed by atoms with Gasteiger partial charge < -0.3 is 5.73 Å². The summed E-state index contributed by atoms with van der Waals surface area (Å²) >= 11 is 0. The Bertz CT molecular complexity index is 181. The van der Waals surface area contributed by atoms with Gasteiger partial charge in [-0.05, 0) is 31.3 Å². The molecule has 1 atom stereocenters. The van der Waals surface area contributed by atoms with Gasteiger partial charge in [-0.15, -0.1) is 0 Å². The van der Waals surface area contributed by atoms with Crippen LogP contribution in [0.2, 0.25) is 0 Å². The van der Waals surface area contributed by atoms with Crippen LogP contribution >= 0.6 is 0 Å². The fourth-order valence-electron chi connectivity index (χ4n) is 1.69. The van der Waals surface area contributed by atoms with Crippen LogP contribution in [0.4, 0.5) is 13.2 Å². The molecule has 2 nitrogen and oxygen atoms in total. The van der Waals surface area contributed by atoms with Crippen molar-refractivity contribution in [2.24, 2.45) is 17.6 Å². The van der Waals surface area contributed by atoms with E-state index in [0.717, 1.165) is 6.42 Å². The third-order valence-corrected chi connectivity index (χ3v) is 2.68. The highest BCUT2D eigenvalue weighted by Crippen LogP contribution is 2.19. The molecule has 0 aromatic carbocycles. The number of halogens is 3. The summed E-state index contributed by atoms with van der Waals surface area (Å²) in [4.78, 5) is 1.46. The maximum atomic E-state index is 12.3. The zero-order chi connectivity index (χ0) is 12.8. The third-order valence-electron chi connectivity index (χ3n) is 2.68. The van der Waals surface area contributed by atoms with Gasteiger partial charge in [0.15, 0.2) is 0 Å². The van der Waals surface area contributed by atoms with E-state index in [0.29, 0.717) is 25.6 Å². The van der Waals surface area contributed by atoms with E-state index in [9.17, 15) is 13.2 Å². The van der Waals surface area contributed by atoms with Crippen molar-refractivity contribution in [2.45, 2.75) is 33.4 Å². The van der Waals surface area contributed by atoms with Crippen LogP contribution in [0.25, 0.3) is 0 Å². The summed E-state index contributed by atoms with van der Waals surface area (Å²) in [6.45, 7) is 6.39. The highest BCUT2D eigenvalue weighted by atomic mass is 19.4. The Morgan fingerprint density at radius 3 is 2.12 bits per heavy atom. The SMILES string of the molecule is CCCN(CC(CN)C(C)C)CC(F)(F)F. The molecule has 0 amide bonds. The minimum atomic E-state index is -4.12. The second-order valence-corrected chi connectivity index (χ2v) is 4.59. The predicted molar refractivity (Wildman–Crippen MR) is 60.2 cm³/mol. The molecule has 1 unspecified atom stereocenters. The fraction of sp³-hybridized carbons (Fsp3) is 1.00. The van der Waals surface area contributed by atoms with Crippen molar-refractivity contribution in [3.63, 3.8) is 0 Å². The van der Waals surface area contributed by atoms with Crippen LogP contribution in [-0.4, -0.2) is 37.3 Å². The van der Waals surface area contributed by atoms with Gasteiger partial charge in [-0.25, -0.2) is 0 Å². The molecule has 0 aromatic rings. The normalized spacial score (nSPS) is 14.8. The maximum absolute atomic E-state index is 12.3. The Kier molecular flexibility index (Phi) is 6.99. The first-order valence-corrected chi connectivity index (χ1v) is 5.79. The molecule has 0 aliphatic rings. The quantitative estimate of drug-likeness (QED) is 0.740. The van der Waals surface area contributed by atoms with Gasteiger partial charge in [0.05, 0.1) is 6.54 Å². The summed E-state index contributed by atoms with van der Waals surface area (Å²) in [7, 11) is 0. The van der Waals surface area contributed by atoms with E-state index in [1.165, 1.54) is 4.90 Å². The Morgan fingerprint density at radius 2 is 1.81 bits per heavy atom. The van der Waals surface area contributed by atoms with E-state index in [1.807, 2.05) is 20.8 Å². The Balaban J connectivity index is 4.30. The molecule has 2 N–H and O–H groups in total. The molecule has 0 heterocycles. The summed E-state index contributed by atoms with van der Waals surface area (Å²) in [5, 5.41) is 0. The predicted octanol–water partition coefficient (Wildman–Crippen LogP) is 2.49. The van der Waals surface area contributed by atoms with Crippen molar-refractivity contribution in [1.82, 2.24) is 4.90 Å². The molecule has 0 aliphatic carbocycles. The van der Waals surface area contributed by atoms with Crippen molar-refractivity contribution in [3.05, 3.63) is 0 Å². The first-order chi connectivity index (χ1) is 7.30. The number of nitrogens with zero attached hydrogens (tertiary/aromatic N) is 1. The van der Waals surface area contributed by atoms with Crippen LogP contribution in [0, 0.1) is 11.8 Å². The number of alkyl halides is 3. The average molecular weight is 240 g/mol. The second kappa shape index (κ2) is 7.12. The molecular formula is C11H23F3N2. The lowest BCUT2D eigenvalue weighted by Crippen LogP contribution is -2.41. The molecule has 0 rings (SSSR count). The highest BCUT2D eigenvalue weighted by molar-refractivity contribution is 4.71. The average Bonchev–Trinajstić information content (AvgIpc) is 2.11. The van der Waals surface area contributed by atoms with Crippen LogP contribution in [0.5, 0.6) is 0 Å². The summed E-state index contributed by atoms with van der Waals surface area (Å²) in [5.41, 5.74) is 5.57. The molecule has 98 valence electrons. The molecule has 0 saturated heterocycles. The molecule has 0 saturated carbocycles. The minimum absolute atomic E-state index is 0.133. The summed E-state index contributed by atoms with van der Waals surface area (Å²) in [6.07, 6.45) is -3.39. The van der Waals surface area contributed by atoms with E-state index in [2.05, 4.69) is 0 Å². The van der Waals surface area contributed by atoms with Crippen molar-refractivity contribution in [2.75, 3.05) is 26.2 Å². The molecular weight excluding hydrogens is 217 g/mol. The summed E-state index contributed by atoms with van der Waals surface area (Å²) in [5.74, 6) is 0.450. The fourth-order valence-corrected chi connectivity index (χ4v) is 1.69. The zero-order valence-electron chi connectivity index (χ0n) is 10.3. The van der Waals surface area contributed by atoms with Gasteiger partial charge in [0.1, 0.15) is 0 Å².